The van der Waals surface area contributed by atoms with Crippen molar-refractivity contribution in [2.45, 2.75) is 19.3 Å². The Morgan fingerprint density at radius 2 is 2.24 bits per heavy atom. The zero-order chi connectivity index (χ0) is 12.3. The van der Waals surface area contributed by atoms with Gasteiger partial charge in [0.15, 0.2) is 5.11 Å². The molecule has 1 fully saturated rings. The van der Waals surface area contributed by atoms with Crippen LogP contribution in [0.4, 0.5) is 11.4 Å². The van der Waals surface area contributed by atoms with Crippen LogP contribution in [0.2, 0.25) is 0 Å². The van der Waals surface area contributed by atoms with Crippen molar-refractivity contribution in [2.24, 2.45) is 5.73 Å². The zero-order valence-corrected chi connectivity index (χ0v) is 10.3. The van der Waals surface area contributed by atoms with Gasteiger partial charge in [-0.3, -0.25) is 4.79 Å². The monoisotopic (exact) mass is 249 g/mol. The molecule has 0 saturated carbocycles. The fourth-order valence-corrected chi connectivity index (χ4v) is 2.09. The number of anilines is 2. The molecular formula is C12H15N3OS. The van der Waals surface area contributed by atoms with Gasteiger partial charge in [0.1, 0.15) is 0 Å². The van der Waals surface area contributed by atoms with E-state index in [1.54, 1.807) is 0 Å². The van der Waals surface area contributed by atoms with Crippen molar-refractivity contribution < 1.29 is 4.79 Å². The number of nitrogens with two attached hydrogens (primary N) is 1. The molecule has 17 heavy (non-hydrogen) atoms. The Morgan fingerprint density at radius 1 is 1.41 bits per heavy atom. The number of carbonyl (C=O) groups is 1. The topological polar surface area (TPSA) is 58.4 Å². The van der Waals surface area contributed by atoms with Gasteiger partial charge in [0, 0.05) is 24.3 Å². The third-order valence-electron chi connectivity index (χ3n) is 2.75. The van der Waals surface area contributed by atoms with Crippen LogP contribution in [-0.2, 0) is 4.79 Å². The average molecular weight is 249 g/mol. The molecule has 0 aromatic heterocycles. The highest BCUT2D eigenvalue weighted by Gasteiger charge is 2.19. The molecule has 0 atom stereocenters. The van der Waals surface area contributed by atoms with E-state index in [9.17, 15) is 4.79 Å². The molecule has 1 aromatic carbocycles. The summed E-state index contributed by atoms with van der Waals surface area (Å²) >= 11 is 4.79. The second kappa shape index (κ2) is 5.14. The number of benzene rings is 1. The van der Waals surface area contributed by atoms with Gasteiger partial charge >= 0.3 is 0 Å². The summed E-state index contributed by atoms with van der Waals surface area (Å²) in [5.41, 5.74) is 7.13. The smallest absolute Gasteiger partial charge is 0.226 e. The number of nitrogens with one attached hydrogen (secondary N) is 1. The number of amides is 1. The van der Waals surface area contributed by atoms with Crippen LogP contribution < -0.4 is 16.0 Å². The van der Waals surface area contributed by atoms with Crippen LogP contribution in [0.3, 0.4) is 0 Å². The third kappa shape index (κ3) is 2.94. The van der Waals surface area contributed by atoms with E-state index < -0.39 is 0 Å². The molecular weight excluding hydrogens is 234 g/mol. The highest BCUT2D eigenvalue weighted by atomic mass is 32.1. The number of hydrogen-bond donors (Lipinski definition) is 2. The van der Waals surface area contributed by atoms with Gasteiger partial charge in [-0.05, 0) is 43.3 Å². The predicted molar refractivity (Wildman–Crippen MR) is 73.1 cm³/mol. The van der Waals surface area contributed by atoms with Gasteiger partial charge in [0.25, 0.3) is 0 Å². The van der Waals surface area contributed by atoms with E-state index in [2.05, 4.69) is 5.32 Å². The fraction of sp³-hybridized carbons (Fsp3) is 0.333. The number of thiocarbonyl (C=S) groups is 1. The van der Waals surface area contributed by atoms with Crippen molar-refractivity contribution in [3.63, 3.8) is 0 Å². The molecule has 0 bridgehead atoms. The summed E-state index contributed by atoms with van der Waals surface area (Å²) in [5.74, 6) is 0.184. The van der Waals surface area contributed by atoms with E-state index in [1.165, 1.54) is 0 Å². The van der Waals surface area contributed by atoms with Crippen molar-refractivity contribution in [1.82, 2.24) is 0 Å². The lowest BCUT2D eigenvalue weighted by Crippen LogP contribution is -2.35. The van der Waals surface area contributed by atoms with E-state index in [1.807, 2.05) is 29.2 Å². The van der Waals surface area contributed by atoms with Gasteiger partial charge in [0.2, 0.25) is 5.91 Å². The maximum absolute atomic E-state index is 11.8. The number of rotatable bonds is 2. The fourth-order valence-electron chi connectivity index (χ4n) is 1.97. The normalized spacial score (nSPS) is 15.8. The first-order valence-electron chi connectivity index (χ1n) is 5.64. The lowest BCUT2D eigenvalue weighted by Gasteiger charge is -2.27. The maximum atomic E-state index is 11.8. The van der Waals surface area contributed by atoms with E-state index in [0.717, 1.165) is 30.8 Å². The third-order valence-corrected chi connectivity index (χ3v) is 2.85. The van der Waals surface area contributed by atoms with Gasteiger partial charge < -0.3 is 16.0 Å². The van der Waals surface area contributed by atoms with Crippen LogP contribution in [0.1, 0.15) is 19.3 Å². The summed E-state index contributed by atoms with van der Waals surface area (Å²) in [6, 6.07) is 7.57. The van der Waals surface area contributed by atoms with Crippen molar-refractivity contribution in [3.05, 3.63) is 24.3 Å². The Balaban J connectivity index is 2.19. The Hall–Kier alpha value is -1.62. The van der Waals surface area contributed by atoms with Crippen molar-refractivity contribution in [1.29, 1.82) is 0 Å². The Bertz CT molecular complexity index is 447. The molecule has 1 aliphatic rings. The molecule has 4 nitrogen and oxygen atoms in total. The summed E-state index contributed by atoms with van der Waals surface area (Å²) in [6.07, 6.45) is 2.67. The van der Waals surface area contributed by atoms with Crippen LogP contribution >= 0.6 is 12.2 Å². The number of nitrogens with zero attached hydrogens (tertiary/aromatic N) is 1. The van der Waals surface area contributed by atoms with Gasteiger partial charge in [-0.25, -0.2) is 0 Å². The van der Waals surface area contributed by atoms with Crippen LogP contribution in [0.5, 0.6) is 0 Å². The second-order valence-corrected chi connectivity index (χ2v) is 4.48. The number of piperidine rings is 1. The lowest BCUT2D eigenvalue weighted by atomic mass is 10.1. The van der Waals surface area contributed by atoms with E-state index >= 15 is 0 Å². The molecule has 2 rings (SSSR count). The summed E-state index contributed by atoms with van der Waals surface area (Å²) < 4.78 is 0. The first kappa shape index (κ1) is 11.9. The van der Waals surface area contributed by atoms with Gasteiger partial charge in [-0.1, -0.05) is 6.07 Å². The van der Waals surface area contributed by atoms with Crippen LogP contribution in [0.25, 0.3) is 0 Å². The molecule has 1 heterocycles. The first-order chi connectivity index (χ1) is 8.16. The molecule has 90 valence electrons. The Morgan fingerprint density at radius 3 is 2.94 bits per heavy atom. The van der Waals surface area contributed by atoms with Crippen LogP contribution in [-0.4, -0.2) is 17.6 Å². The predicted octanol–water partition coefficient (Wildman–Crippen LogP) is 1.86. The average Bonchev–Trinajstić information content (AvgIpc) is 2.29. The Kier molecular flexibility index (Phi) is 3.58. The SMILES string of the molecule is NC(=S)Nc1cccc(N2CCCCC2=O)c1. The summed E-state index contributed by atoms with van der Waals surface area (Å²) in [4.78, 5) is 13.6. The lowest BCUT2D eigenvalue weighted by molar-refractivity contribution is -0.119. The molecule has 1 amide bonds. The second-order valence-electron chi connectivity index (χ2n) is 4.04. The molecule has 1 aromatic rings. The van der Waals surface area contributed by atoms with E-state index in [-0.39, 0.29) is 11.0 Å². The Labute approximate surface area is 106 Å². The quantitative estimate of drug-likeness (QED) is 0.785. The van der Waals surface area contributed by atoms with Crippen LogP contribution in [0.15, 0.2) is 24.3 Å². The van der Waals surface area contributed by atoms with Crippen molar-refractivity contribution in [3.8, 4) is 0 Å². The van der Waals surface area contributed by atoms with Gasteiger partial charge in [0.05, 0.1) is 0 Å². The highest BCUT2D eigenvalue weighted by molar-refractivity contribution is 7.80. The molecule has 1 saturated heterocycles. The largest absolute Gasteiger partial charge is 0.376 e. The summed E-state index contributed by atoms with van der Waals surface area (Å²) in [7, 11) is 0. The molecule has 0 radical (unpaired) electrons. The minimum atomic E-state index is 0.184. The standard InChI is InChI=1S/C12H15N3OS/c13-12(17)14-9-4-3-5-10(8-9)15-7-2-1-6-11(15)16/h3-5,8H,1-2,6-7H2,(H3,13,14,17). The first-order valence-corrected chi connectivity index (χ1v) is 6.04. The van der Waals surface area contributed by atoms with Crippen molar-refractivity contribution in [2.75, 3.05) is 16.8 Å². The molecule has 0 aliphatic carbocycles. The van der Waals surface area contributed by atoms with Crippen LogP contribution in [0, 0.1) is 0 Å². The maximum Gasteiger partial charge on any atom is 0.226 e. The minimum Gasteiger partial charge on any atom is -0.376 e. The van der Waals surface area contributed by atoms with E-state index in [4.69, 9.17) is 18.0 Å². The molecule has 0 spiro atoms. The van der Waals surface area contributed by atoms with Gasteiger partial charge in [-0.2, -0.15) is 0 Å². The molecule has 1 aliphatic heterocycles. The minimum absolute atomic E-state index is 0.184. The highest BCUT2D eigenvalue weighted by Crippen LogP contribution is 2.23. The summed E-state index contributed by atoms with van der Waals surface area (Å²) in [6.45, 7) is 0.787. The van der Waals surface area contributed by atoms with Crippen molar-refractivity contribution >= 4 is 34.6 Å². The summed E-state index contributed by atoms with van der Waals surface area (Å²) in [5, 5.41) is 3.10. The zero-order valence-electron chi connectivity index (χ0n) is 9.48. The van der Waals surface area contributed by atoms with Gasteiger partial charge in [-0.15, -0.1) is 0 Å². The molecule has 0 unspecified atom stereocenters. The number of hydrogen-bond acceptors (Lipinski definition) is 2. The number of carbonyl (C=O) groups excluding carboxylic acids is 1. The molecule has 3 N–H and O–H groups in total. The molecule has 5 heteroatoms. The van der Waals surface area contributed by atoms with E-state index in [0.29, 0.717) is 6.42 Å².